The van der Waals surface area contributed by atoms with Crippen LogP contribution in [0.1, 0.15) is 44.1 Å². The van der Waals surface area contributed by atoms with Gasteiger partial charge in [-0.25, -0.2) is 4.39 Å². The number of benzene rings is 1. The molecule has 0 aromatic heterocycles. The summed E-state index contributed by atoms with van der Waals surface area (Å²) in [5.41, 5.74) is 0.551. The van der Waals surface area contributed by atoms with E-state index in [0.717, 1.165) is 19.3 Å². The van der Waals surface area contributed by atoms with Crippen molar-refractivity contribution in [2.24, 2.45) is 0 Å². The summed E-state index contributed by atoms with van der Waals surface area (Å²) in [5.74, 6) is -1.11. The molecule has 1 saturated heterocycles. The summed E-state index contributed by atoms with van der Waals surface area (Å²) >= 11 is 0. The van der Waals surface area contributed by atoms with Crippen molar-refractivity contribution in [3.8, 4) is 0 Å². The van der Waals surface area contributed by atoms with Gasteiger partial charge in [0.2, 0.25) is 5.91 Å². The molecule has 0 spiro atoms. The largest absolute Gasteiger partial charge is 0.481 e. The first-order valence-electron chi connectivity index (χ1n) is 7.82. The highest BCUT2D eigenvalue weighted by Crippen LogP contribution is 2.22. The van der Waals surface area contributed by atoms with Crippen LogP contribution in [-0.2, 0) is 16.0 Å². The summed E-state index contributed by atoms with van der Waals surface area (Å²) in [6.45, 7) is 0.681. The molecule has 1 aliphatic rings. The van der Waals surface area contributed by atoms with E-state index in [1.54, 1.807) is 23.1 Å². The predicted molar refractivity (Wildman–Crippen MR) is 80.9 cm³/mol. The monoisotopic (exact) mass is 307 g/mol. The molecular formula is C17H22FNO3. The van der Waals surface area contributed by atoms with Crippen LogP contribution in [-0.4, -0.2) is 34.5 Å². The highest BCUT2D eigenvalue weighted by atomic mass is 19.1. The van der Waals surface area contributed by atoms with Crippen LogP contribution in [0.5, 0.6) is 0 Å². The number of piperidine rings is 1. The first-order valence-corrected chi connectivity index (χ1v) is 7.82. The molecule has 2 rings (SSSR count). The van der Waals surface area contributed by atoms with Gasteiger partial charge in [0.05, 0.1) is 0 Å². The molecule has 1 amide bonds. The Morgan fingerprint density at radius 1 is 1.23 bits per heavy atom. The fourth-order valence-corrected chi connectivity index (χ4v) is 3.01. The Morgan fingerprint density at radius 3 is 2.73 bits per heavy atom. The van der Waals surface area contributed by atoms with Gasteiger partial charge >= 0.3 is 5.97 Å². The van der Waals surface area contributed by atoms with Gasteiger partial charge in [-0.2, -0.15) is 0 Å². The lowest BCUT2D eigenvalue weighted by molar-refractivity contribution is -0.140. The molecule has 1 unspecified atom stereocenters. The Balaban J connectivity index is 1.91. The van der Waals surface area contributed by atoms with E-state index in [9.17, 15) is 14.0 Å². The zero-order valence-corrected chi connectivity index (χ0v) is 12.6. The maximum Gasteiger partial charge on any atom is 0.303 e. The van der Waals surface area contributed by atoms with Gasteiger partial charge in [-0.05, 0) is 43.7 Å². The Kier molecular flexibility index (Phi) is 5.92. The van der Waals surface area contributed by atoms with E-state index in [0.29, 0.717) is 24.9 Å². The van der Waals surface area contributed by atoms with Gasteiger partial charge in [0, 0.05) is 25.4 Å². The fourth-order valence-electron chi connectivity index (χ4n) is 3.01. The van der Waals surface area contributed by atoms with E-state index in [4.69, 9.17) is 5.11 Å². The van der Waals surface area contributed by atoms with Crippen LogP contribution in [0.2, 0.25) is 0 Å². The maximum atomic E-state index is 13.6. The first-order chi connectivity index (χ1) is 10.6. The van der Waals surface area contributed by atoms with Crippen molar-refractivity contribution in [2.45, 2.75) is 51.0 Å². The minimum absolute atomic E-state index is 0.00154. The zero-order chi connectivity index (χ0) is 15.9. The van der Waals surface area contributed by atoms with Crippen molar-refractivity contribution < 1.29 is 19.1 Å². The van der Waals surface area contributed by atoms with Gasteiger partial charge in [-0.1, -0.05) is 18.2 Å². The molecule has 1 aliphatic heterocycles. The maximum absolute atomic E-state index is 13.6. The normalized spacial score (nSPS) is 18.2. The predicted octanol–water partition coefficient (Wildman–Crippen LogP) is 3.00. The van der Waals surface area contributed by atoms with Gasteiger partial charge in [0.1, 0.15) is 5.82 Å². The van der Waals surface area contributed by atoms with Crippen molar-refractivity contribution in [3.05, 3.63) is 35.6 Å². The van der Waals surface area contributed by atoms with Gasteiger partial charge in [0.15, 0.2) is 0 Å². The molecule has 1 aromatic rings. The van der Waals surface area contributed by atoms with Crippen LogP contribution in [0, 0.1) is 5.82 Å². The van der Waals surface area contributed by atoms with E-state index in [1.165, 1.54) is 6.07 Å². The van der Waals surface area contributed by atoms with E-state index >= 15 is 0 Å². The molecule has 4 nitrogen and oxygen atoms in total. The molecular weight excluding hydrogens is 285 g/mol. The zero-order valence-electron chi connectivity index (χ0n) is 12.6. The third kappa shape index (κ3) is 4.55. The lowest BCUT2D eigenvalue weighted by Crippen LogP contribution is -2.44. The van der Waals surface area contributed by atoms with Crippen molar-refractivity contribution >= 4 is 11.9 Å². The van der Waals surface area contributed by atoms with Gasteiger partial charge in [0.25, 0.3) is 0 Å². The van der Waals surface area contributed by atoms with E-state index < -0.39 is 5.97 Å². The Labute approximate surface area is 129 Å². The molecule has 1 atom stereocenters. The van der Waals surface area contributed by atoms with Gasteiger partial charge in [-0.3, -0.25) is 9.59 Å². The number of carbonyl (C=O) groups excluding carboxylic acids is 1. The van der Waals surface area contributed by atoms with E-state index in [1.807, 2.05) is 0 Å². The second-order valence-electron chi connectivity index (χ2n) is 5.76. The number of nitrogens with zero attached hydrogens (tertiary/aromatic N) is 1. The van der Waals surface area contributed by atoms with E-state index in [2.05, 4.69) is 0 Å². The topological polar surface area (TPSA) is 57.6 Å². The number of amides is 1. The number of carboxylic acids is 1. The van der Waals surface area contributed by atoms with Crippen LogP contribution in [0.15, 0.2) is 24.3 Å². The third-order valence-corrected chi connectivity index (χ3v) is 4.20. The quantitative estimate of drug-likeness (QED) is 0.879. The molecule has 1 heterocycles. The molecule has 1 N–H and O–H groups in total. The number of aliphatic carboxylic acids is 1. The van der Waals surface area contributed by atoms with Crippen LogP contribution < -0.4 is 0 Å². The second kappa shape index (κ2) is 7.92. The molecule has 0 bridgehead atoms. The third-order valence-electron chi connectivity index (χ3n) is 4.20. The first kappa shape index (κ1) is 16.5. The number of hydrogen-bond donors (Lipinski definition) is 1. The van der Waals surface area contributed by atoms with Crippen molar-refractivity contribution in [3.63, 3.8) is 0 Å². The SMILES string of the molecule is O=C(O)CCC1CCCCN1C(=O)CCc1ccccc1F. The molecule has 1 aromatic carbocycles. The minimum Gasteiger partial charge on any atom is -0.481 e. The van der Waals surface area contributed by atoms with Crippen molar-refractivity contribution in [1.29, 1.82) is 0 Å². The summed E-state index contributed by atoms with van der Waals surface area (Å²) in [6.07, 6.45) is 4.08. The Morgan fingerprint density at radius 2 is 2.00 bits per heavy atom. The molecule has 22 heavy (non-hydrogen) atoms. The fraction of sp³-hybridized carbons (Fsp3) is 0.529. The number of likely N-dealkylation sites (tertiary alicyclic amines) is 1. The summed E-state index contributed by atoms with van der Waals surface area (Å²) in [5, 5.41) is 8.81. The van der Waals surface area contributed by atoms with Gasteiger partial charge < -0.3 is 10.0 Å². The number of carboxylic acid groups (broad SMARTS) is 1. The smallest absolute Gasteiger partial charge is 0.303 e. The van der Waals surface area contributed by atoms with Crippen molar-refractivity contribution in [1.82, 2.24) is 4.90 Å². The highest BCUT2D eigenvalue weighted by Gasteiger charge is 2.26. The average Bonchev–Trinajstić information content (AvgIpc) is 2.52. The van der Waals surface area contributed by atoms with Crippen molar-refractivity contribution in [2.75, 3.05) is 6.54 Å². The summed E-state index contributed by atoms with van der Waals surface area (Å²) in [4.78, 5) is 24.9. The Bertz CT molecular complexity index is 532. The number of carbonyl (C=O) groups is 2. The number of hydrogen-bond acceptors (Lipinski definition) is 2. The molecule has 1 fully saturated rings. The number of aryl methyl sites for hydroxylation is 1. The highest BCUT2D eigenvalue weighted by molar-refractivity contribution is 5.77. The van der Waals surface area contributed by atoms with Crippen LogP contribution >= 0.6 is 0 Å². The minimum atomic E-state index is -0.829. The summed E-state index contributed by atoms with van der Waals surface area (Å²) in [6, 6.07) is 6.50. The van der Waals surface area contributed by atoms with Crippen LogP contribution in [0.25, 0.3) is 0 Å². The lowest BCUT2D eigenvalue weighted by Gasteiger charge is -2.35. The average molecular weight is 307 g/mol. The second-order valence-corrected chi connectivity index (χ2v) is 5.76. The Hall–Kier alpha value is -1.91. The molecule has 120 valence electrons. The van der Waals surface area contributed by atoms with Gasteiger partial charge in [-0.15, -0.1) is 0 Å². The number of rotatable bonds is 6. The van der Waals surface area contributed by atoms with Crippen LogP contribution in [0.3, 0.4) is 0 Å². The van der Waals surface area contributed by atoms with E-state index in [-0.39, 0.29) is 30.6 Å². The molecule has 0 aliphatic carbocycles. The molecule has 0 saturated carbocycles. The standard InChI is InChI=1S/C17H22FNO3/c18-15-7-2-1-5-13(15)8-10-16(20)19-12-4-3-6-14(19)9-11-17(21)22/h1-2,5,7,14H,3-4,6,8-12H2,(H,21,22). The van der Waals surface area contributed by atoms with Crippen LogP contribution in [0.4, 0.5) is 4.39 Å². The lowest BCUT2D eigenvalue weighted by atomic mass is 9.97. The summed E-state index contributed by atoms with van der Waals surface area (Å²) < 4.78 is 13.6. The molecule has 0 radical (unpaired) electrons. The number of halogens is 1. The molecule has 5 heteroatoms. The summed E-state index contributed by atoms with van der Waals surface area (Å²) in [7, 11) is 0.